The summed E-state index contributed by atoms with van der Waals surface area (Å²) in [4.78, 5) is 2.33. The summed E-state index contributed by atoms with van der Waals surface area (Å²) < 4.78 is 5.63. The van der Waals surface area contributed by atoms with Gasteiger partial charge in [-0.1, -0.05) is 25.5 Å². The molecule has 0 spiro atoms. The molecule has 1 atom stereocenters. The Labute approximate surface area is 128 Å². The Hall–Kier alpha value is -0.770. The van der Waals surface area contributed by atoms with E-state index in [0.29, 0.717) is 6.61 Å². The SMILES string of the molecule is CCc1ccc(OCC(O)CN2CCCCC2)cc1.[Cl-]. The molecule has 0 radical (unpaired) electrons. The lowest BCUT2D eigenvalue weighted by Gasteiger charge is -2.28. The second-order valence-corrected chi connectivity index (χ2v) is 5.32. The molecular weight excluding hydrogens is 274 g/mol. The molecule has 0 aliphatic carbocycles. The maximum Gasteiger partial charge on any atom is 0.119 e. The van der Waals surface area contributed by atoms with Crippen LogP contribution in [0.25, 0.3) is 0 Å². The van der Waals surface area contributed by atoms with Crippen LogP contribution in [0.2, 0.25) is 0 Å². The summed E-state index contributed by atoms with van der Waals surface area (Å²) in [6.07, 6.45) is 4.48. The fourth-order valence-electron chi connectivity index (χ4n) is 2.51. The van der Waals surface area contributed by atoms with Crippen molar-refractivity contribution in [2.45, 2.75) is 38.7 Å². The Morgan fingerprint density at radius 3 is 2.40 bits per heavy atom. The van der Waals surface area contributed by atoms with Gasteiger partial charge in [0.25, 0.3) is 0 Å². The highest BCUT2D eigenvalue weighted by Gasteiger charge is 2.14. The molecule has 1 saturated heterocycles. The van der Waals surface area contributed by atoms with Crippen molar-refractivity contribution in [3.63, 3.8) is 0 Å². The van der Waals surface area contributed by atoms with Crippen molar-refractivity contribution in [1.82, 2.24) is 4.90 Å². The summed E-state index contributed by atoms with van der Waals surface area (Å²) in [6, 6.07) is 8.11. The largest absolute Gasteiger partial charge is 1.00 e. The van der Waals surface area contributed by atoms with Crippen LogP contribution in [0.3, 0.4) is 0 Å². The van der Waals surface area contributed by atoms with Gasteiger partial charge in [-0.05, 0) is 50.0 Å². The van der Waals surface area contributed by atoms with E-state index in [-0.39, 0.29) is 12.4 Å². The van der Waals surface area contributed by atoms with Gasteiger partial charge in [-0.25, -0.2) is 0 Å². The first-order valence-corrected chi connectivity index (χ1v) is 7.40. The van der Waals surface area contributed by atoms with Gasteiger partial charge in [0, 0.05) is 6.54 Å². The predicted octanol–water partition coefficient (Wildman–Crippen LogP) is -0.521. The third-order valence-electron chi connectivity index (χ3n) is 3.69. The molecule has 4 heteroatoms. The van der Waals surface area contributed by atoms with Crippen molar-refractivity contribution in [3.8, 4) is 5.75 Å². The van der Waals surface area contributed by atoms with Gasteiger partial charge in [0.2, 0.25) is 0 Å². The molecule has 1 aromatic rings. The highest BCUT2D eigenvalue weighted by molar-refractivity contribution is 5.27. The second-order valence-electron chi connectivity index (χ2n) is 5.32. The van der Waals surface area contributed by atoms with E-state index < -0.39 is 6.10 Å². The maximum absolute atomic E-state index is 10.00. The zero-order valence-electron chi connectivity index (χ0n) is 12.2. The number of hydrogen-bond donors (Lipinski definition) is 1. The zero-order valence-corrected chi connectivity index (χ0v) is 13.0. The average Bonchev–Trinajstić information content (AvgIpc) is 2.47. The Morgan fingerprint density at radius 2 is 1.80 bits per heavy atom. The van der Waals surface area contributed by atoms with E-state index in [1.165, 1.54) is 24.8 Å². The van der Waals surface area contributed by atoms with E-state index in [2.05, 4.69) is 24.0 Å². The Kier molecular flexibility index (Phi) is 7.97. The molecule has 1 heterocycles. The molecule has 20 heavy (non-hydrogen) atoms. The smallest absolute Gasteiger partial charge is 0.119 e. The molecule has 0 aromatic heterocycles. The van der Waals surface area contributed by atoms with E-state index in [1.807, 2.05) is 12.1 Å². The fourth-order valence-corrected chi connectivity index (χ4v) is 2.51. The number of likely N-dealkylation sites (tertiary alicyclic amines) is 1. The van der Waals surface area contributed by atoms with Crippen LogP contribution in [0, 0.1) is 0 Å². The maximum atomic E-state index is 10.00. The summed E-state index contributed by atoms with van der Waals surface area (Å²) in [6.45, 7) is 5.47. The lowest BCUT2D eigenvalue weighted by molar-refractivity contribution is -0.00000636. The highest BCUT2D eigenvalue weighted by atomic mass is 35.5. The van der Waals surface area contributed by atoms with Crippen LogP contribution in [0.4, 0.5) is 0 Å². The molecule has 1 aromatic carbocycles. The van der Waals surface area contributed by atoms with Crippen LogP contribution in [0.15, 0.2) is 24.3 Å². The van der Waals surface area contributed by atoms with Crippen molar-refractivity contribution >= 4 is 0 Å². The van der Waals surface area contributed by atoms with Gasteiger partial charge in [-0.3, -0.25) is 0 Å². The third-order valence-corrected chi connectivity index (χ3v) is 3.69. The van der Waals surface area contributed by atoms with Gasteiger partial charge >= 0.3 is 0 Å². The number of aryl methyl sites for hydroxylation is 1. The molecular formula is C16H25ClNO2-. The van der Waals surface area contributed by atoms with E-state index in [1.54, 1.807) is 0 Å². The molecule has 0 amide bonds. The number of benzene rings is 1. The number of rotatable bonds is 6. The first-order valence-electron chi connectivity index (χ1n) is 7.40. The van der Waals surface area contributed by atoms with Crippen LogP contribution in [0.1, 0.15) is 31.7 Å². The van der Waals surface area contributed by atoms with Crippen molar-refractivity contribution < 1.29 is 22.3 Å². The standard InChI is InChI=1S/C16H25NO2.ClH/c1-2-14-6-8-16(9-7-14)19-13-15(18)12-17-10-4-3-5-11-17;/h6-9,15,18H,2-5,10-13H2,1H3;1H/p-1. The molecule has 3 nitrogen and oxygen atoms in total. The highest BCUT2D eigenvalue weighted by Crippen LogP contribution is 2.13. The first-order chi connectivity index (χ1) is 9.28. The lowest BCUT2D eigenvalue weighted by atomic mass is 10.1. The van der Waals surface area contributed by atoms with Crippen LogP contribution >= 0.6 is 0 Å². The number of piperidine rings is 1. The minimum atomic E-state index is -0.399. The first kappa shape index (κ1) is 17.3. The van der Waals surface area contributed by atoms with Crippen molar-refractivity contribution in [3.05, 3.63) is 29.8 Å². The number of β-amino-alcohol motifs (C(OH)–C–C–N with tert-alkyl or cyclic N) is 1. The minimum Gasteiger partial charge on any atom is -1.00 e. The van der Waals surface area contributed by atoms with Crippen LogP contribution in [-0.4, -0.2) is 42.4 Å². The molecule has 0 saturated carbocycles. The monoisotopic (exact) mass is 298 g/mol. The number of aliphatic hydroxyl groups excluding tert-OH is 1. The summed E-state index contributed by atoms with van der Waals surface area (Å²) >= 11 is 0. The van der Waals surface area contributed by atoms with Gasteiger partial charge in [0.15, 0.2) is 0 Å². The number of ether oxygens (including phenoxy) is 1. The van der Waals surface area contributed by atoms with Crippen LogP contribution in [0.5, 0.6) is 5.75 Å². The Bertz CT molecular complexity index is 363. The van der Waals surface area contributed by atoms with Crippen LogP contribution < -0.4 is 17.1 Å². The van der Waals surface area contributed by atoms with Gasteiger partial charge in [-0.15, -0.1) is 0 Å². The van der Waals surface area contributed by atoms with Crippen molar-refractivity contribution in [1.29, 1.82) is 0 Å². The number of aliphatic hydroxyl groups is 1. The molecule has 1 fully saturated rings. The minimum absolute atomic E-state index is 0. The summed E-state index contributed by atoms with van der Waals surface area (Å²) in [7, 11) is 0. The normalized spacial score (nSPS) is 17.3. The molecule has 1 aliphatic rings. The number of hydrogen-bond acceptors (Lipinski definition) is 3. The molecule has 1 N–H and O–H groups in total. The molecule has 2 rings (SSSR count). The van der Waals surface area contributed by atoms with E-state index in [4.69, 9.17) is 4.74 Å². The third kappa shape index (κ3) is 5.70. The number of nitrogens with zero attached hydrogens (tertiary/aromatic N) is 1. The molecule has 0 bridgehead atoms. The molecule has 114 valence electrons. The van der Waals surface area contributed by atoms with Gasteiger partial charge in [-0.2, -0.15) is 0 Å². The van der Waals surface area contributed by atoms with E-state index >= 15 is 0 Å². The lowest BCUT2D eigenvalue weighted by Crippen LogP contribution is -3.00. The molecule has 1 aliphatic heterocycles. The summed E-state index contributed by atoms with van der Waals surface area (Å²) in [5.41, 5.74) is 1.31. The topological polar surface area (TPSA) is 32.7 Å². The van der Waals surface area contributed by atoms with Gasteiger partial charge in [0.1, 0.15) is 18.5 Å². The number of halogens is 1. The fraction of sp³-hybridized carbons (Fsp3) is 0.625. The Balaban J connectivity index is 0.00000200. The van der Waals surface area contributed by atoms with Crippen molar-refractivity contribution in [2.24, 2.45) is 0 Å². The van der Waals surface area contributed by atoms with E-state index in [0.717, 1.165) is 31.8 Å². The molecule has 1 unspecified atom stereocenters. The van der Waals surface area contributed by atoms with E-state index in [9.17, 15) is 5.11 Å². The summed E-state index contributed by atoms with van der Waals surface area (Å²) in [5, 5.41) is 10.00. The van der Waals surface area contributed by atoms with Crippen molar-refractivity contribution in [2.75, 3.05) is 26.2 Å². The Morgan fingerprint density at radius 1 is 1.15 bits per heavy atom. The second kappa shape index (κ2) is 9.22. The summed E-state index contributed by atoms with van der Waals surface area (Å²) in [5.74, 6) is 0.842. The van der Waals surface area contributed by atoms with Gasteiger partial charge in [0.05, 0.1) is 0 Å². The predicted molar refractivity (Wildman–Crippen MR) is 77.6 cm³/mol. The quantitative estimate of drug-likeness (QED) is 0.767. The van der Waals surface area contributed by atoms with Crippen LogP contribution in [-0.2, 0) is 6.42 Å². The average molecular weight is 299 g/mol. The van der Waals surface area contributed by atoms with Gasteiger partial charge < -0.3 is 27.2 Å². The zero-order chi connectivity index (χ0) is 13.5.